The van der Waals surface area contributed by atoms with Gasteiger partial charge in [0, 0.05) is 18.2 Å². The first-order valence-electron chi connectivity index (χ1n) is 8.88. The van der Waals surface area contributed by atoms with E-state index in [1.807, 2.05) is 12.4 Å². The lowest BCUT2D eigenvalue weighted by Crippen LogP contribution is -2.37. The third-order valence-electron chi connectivity index (χ3n) is 5.57. The zero-order chi connectivity index (χ0) is 14.8. The van der Waals surface area contributed by atoms with E-state index in [9.17, 15) is 0 Å². The van der Waals surface area contributed by atoms with E-state index in [-0.39, 0.29) is 0 Å². The Balaban J connectivity index is 1.51. The van der Waals surface area contributed by atoms with Gasteiger partial charge < -0.3 is 10.1 Å². The normalized spacial score (nSPS) is 29.0. The first-order valence-corrected chi connectivity index (χ1v) is 8.88. The van der Waals surface area contributed by atoms with Gasteiger partial charge in [-0.25, -0.2) is 0 Å². The average molecular weight is 298 g/mol. The van der Waals surface area contributed by atoms with Gasteiger partial charge >= 0.3 is 0 Å². The van der Waals surface area contributed by atoms with Crippen LogP contribution in [0.4, 0.5) is 0 Å². The third-order valence-corrected chi connectivity index (χ3v) is 5.57. The highest BCUT2D eigenvalue weighted by Gasteiger charge is 2.34. The second kappa shape index (κ2) is 6.04. The minimum atomic E-state index is 0.399. The Bertz CT molecular complexity index is 554. The molecule has 1 saturated carbocycles. The van der Waals surface area contributed by atoms with Crippen molar-refractivity contribution >= 4 is 5.57 Å². The molecule has 22 heavy (non-hydrogen) atoms. The summed E-state index contributed by atoms with van der Waals surface area (Å²) >= 11 is 0. The van der Waals surface area contributed by atoms with Gasteiger partial charge in [-0.15, -0.1) is 0 Å². The van der Waals surface area contributed by atoms with E-state index >= 15 is 0 Å². The standard InChI is InChI=1S/C19H26N2O/c1-2-5-17(4-1)22-18-10-16(12-21-13-18)15-6-8-19(11-15)7-3-9-20-14-19/h10-13,17,20H,1-9,14H2. The van der Waals surface area contributed by atoms with Crippen LogP contribution in [-0.4, -0.2) is 24.2 Å². The maximum absolute atomic E-state index is 6.11. The molecule has 2 aliphatic carbocycles. The van der Waals surface area contributed by atoms with Crippen LogP contribution >= 0.6 is 0 Å². The maximum Gasteiger partial charge on any atom is 0.138 e. The molecular weight excluding hydrogens is 272 g/mol. The number of rotatable bonds is 3. The Labute approximate surface area is 133 Å². The monoisotopic (exact) mass is 298 g/mol. The zero-order valence-corrected chi connectivity index (χ0v) is 13.3. The van der Waals surface area contributed by atoms with E-state index in [1.165, 1.54) is 69.0 Å². The first kappa shape index (κ1) is 14.3. The minimum Gasteiger partial charge on any atom is -0.489 e. The maximum atomic E-state index is 6.11. The second-order valence-corrected chi connectivity index (χ2v) is 7.25. The van der Waals surface area contributed by atoms with E-state index in [2.05, 4.69) is 22.4 Å². The van der Waals surface area contributed by atoms with Crippen molar-refractivity contribution in [1.82, 2.24) is 10.3 Å². The Morgan fingerprint density at radius 2 is 2.05 bits per heavy atom. The quantitative estimate of drug-likeness (QED) is 0.917. The lowest BCUT2D eigenvalue weighted by Gasteiger charge is -2.32. The van der Waals surface area contributed by atoms with Crippen molar-refractivity contribution in [2.45, 2.75) is 57.5 Å². The Kier molecular flexibility index (Phi) is 3.91. The molecule has 3 nitrogen and oxygen atoms in total. The van der Waals surface area contributed by atoms with Crippen LogP contribution in [0.25, 0.3) is 5.57 Å². The van der Waals surface area contributed by atoms with Crippen molar-refractivity contribution in [2.75, 3.05) is 13.1 Å². The van der Waals surface area contributed by atoms with Crippen LogP contribution in [0.2, 0.25) is 0 Å². The number of hydrogen-bond donors (Lipinski definition) is 1. The molecule has 3 heteroatoms. The summed E-state index contributed by atoms with van der Waals surface area (Å²) in [5.41, 5.74) is 3.13. The van der Waals surface area contributed by atoms with Crippen molar-refractivity contribution < 1.29 is 4.74 Å². The fraction of sp³-hybridized carbons (Fsp3) is 0.632. The second-order valence-electron chi connectivity index (χ2n) is 7.25. The van der Waals surface area contributed by atoms with Gasteiger partial charge in [-0.3, -0.25) is 4.98 Å². The molecule has 4 rings (SSSR count). The summed E-state index contributed by atoms with van der Waals surface area (Å²) in [6.45, 7) is 2.32. The lowest BCUT2D eigenvalue weighted by molar-refractivity contribution is 0.209. The molecule has 1 atom stereocenters. The van der Waals surface area contributed by atoms with Crippen molar-refractivity contribution in [3.8, 4) is 5.75 Å². The number of allylic oxidation sites excluding steroid dienone is 1. The summed E-state index contributed by atoms with van der Waals surface area (Å²) in [7, 11) is 0. The topological polar surface area (TPSA) is 34.1 Å². The molecule has 1 spiro atoms. The average Bonchev–Trinajstić information content (AvgIpc) is 3.19. The molecule has 1 N–H and O–H groups in total. The van der Waals surface area contributed by atoms with Crippen LogP contribution < -0.4 is 10.1 Å². The molecule has 2 fully saturated rings. The summed E-state index contributed by atoms with van der Waals surface area (Å²) in [5, 5.41) is 3.56. The number of nitrogens with zero attached hydrogens (tertiary/aromatic N) is 1. The lowest BCUT2D eigenvalue weighted by atomic mass is 9.80. The summed E-state index contributed by atoms with van der Waals surface area (Å²) in [4.78, 5) is 4.42. The highest BCUT2D eigenvalue weighted by molar-refractivity contribution is 5.68. The van der Waals surface area contributed by atoms with E-state index in [1.54, 1.807) is 0 Å². The molecule has 0 radical (unpaired) electrons. The summed E-state index contributed by atoms with van der Waals surface area (Å²) in [6, 6.07) is 2.20. The van der Waals surface area contributed by atoms with Gasteiger partial charge in [-0.05, 0) is 75.1 Å². The van der Waals surface area contributed by atoms with Crippen molar-refractivity contribution in [2.24, 2.45) is 5.41 Å². The van der Waals surface area contributed by atoms with Crippen molar-refractivity contribution in [1.29, 1.82) is 0 Å². The number of piperidine rings is 1. The van der Waals surface area contributed by atoms with Crippen LogP contribution in [-0.2, 0) is 0 Å². The molecule has 0 bridgehead atoms. The summed E-state index contributed by atoms with van der Waals surface area (Å²) in [6.07, 6.45) is 16.9. The fourth-order valence-corrected chi connectivity index (χ4v) is 4.31. The van der Waals surface area contributed by atoms with E-state index in [0.29, 0.717) is 11.5 Å². The van der Waals surface area contributed by atoms with Gasteiger partial charge in [0.1, 0.15) is 5.75 Å². The summed E-state index contributed by atoms with van der Waals surface area (Å²) < 4.78 is 6.11. The SMILES string of the molecule is C1=C(c2cncc(OC3CCCC3)c2)CCC12CCCNC2. The van der Waals surface area contributed by atoms with Crippen LogP contribution in [0.3, 0.4) is 0 Å². The van der Waals surface area contributed by atoms with Crippen LogP contribution in [0.15, 0.2) is 24.5 Å². The Morgan fingerprint density at radius 3 is 2.86 bits per heavy atom. The highest BCUT2D eigenvalue weighted by atomic mass is 16.5. The van der Waals surface area contributed by atoms with Gasteiger partial charge in [0.05, 0.1) is 12.3 Å². The molecule has 1 aliphatic heterocycles. The van der Waals surface area contributed by atoms with E-state index in [4.69, 9.17) is 4.74 Å². The Hall–Kier alpha value is -1.35. The van der Waals surface area contributed by atoms with Gasteiger partial charge in [0.15, 0.2) is 0 Å². The van der Waals surface area contributed by atoms with Gasteiger partial charge in [-0.2, -0.15) is 0 Å². The number of ether oxygens (including phenoxy) is 1. The van der Waals surface area contributed by atoms with Gasteiger partial charge in [0.25, 0.3) is 0 Å². The summed E-state index contributed by atoms with van der Waals surface area (Å²) in [5.74, 6) is 0.952. The molecular formula is C19H26N2O. The third kappa shape index (κ3) is 2.91. The van der Waals surface area contributed by atoms with Gasteiger partial charge in [-0.1, -0.05) is 6.08 Å². The van der Waals surface area contributed by atoms with Crippen molar-refractivity contribution in [3.63, 3.8) is 0 Å². The molecule has 1 aromatic heterocycles. The molecule has 1 aromatic rings. The number of nitrogens with one attached hydrogen (secondary N) is 1. The molecule has 1 unspecified atom stereocenters. The number of hydrogen-bond acceptors (Lipinski definition) is 3. The number of pyridine rings is 1. The van der Waals surface area contributed by atoms with Crippen LogP contribution in [0, 0.1) is 5.41 Å². The fourth-order valence-electron chi connectivity index (χ4n) is 4.31. The zero-order valence-electron chi connectivity index (χ0n) is 13.3. The molecule has 0 aromatic carbocycles. The van der Waals surface area contributed by atoms with E-state index in [0.717, 1.165) is 12.3 Å². The van der Waals surface area contributed by atoms with Crippen molar-refractivity contribution in [3.05, 3.63) is 30.1 Å². The number of aromatic nitrogens is 1. The predicted octanol–water partition coefficient (Wildman–Crippen LogP) is 3.95. The van der Waals surface area contributed by atoms with Crippen LogP contribution in [0.5, 0.6) is 5.75 Å². The Morgan fingerprint density at radius 1 is 1.14 bits per heavy atom. The van der Waals surface area contributed by atoms with Crippen LogP contribution in [0.1, 0.15) is 56.9 Å². The molecule has 0 amide bonds. The largest absolute Gasteiger partial charge is 0.489 e. The van der Waals surface area contributed by atoms with E-state index < -0.39 is 0 Å². The highest BCUT2D eigenvalue weighted by Crippen LogP contribution is 2.44. The molecule has 3 aliphatic rings. The predicted molar refractivity (Wildman–Crippen MR) is 88.9 cm³/mol. The van der Waals surface area contributed by atoms with Gasteiger partial charge in [0.2, 0.25) is 0 Å². The molecule has 118 valence electrons. The first-order chi connectivity index (χ1) is 10.8. The smallest absolute Gasteiger partial charge is 0.138 e. The molecule has 1 saturated heterocycles. The minimum absolute atomic E-state index is 0.399. The molecule has 2 heterocycles.